The van der Waals surface area contributed by atoms with E-state index < -0.39 is 36.8 Å². The normalized spacial score (nSPS) is 29.4. The van der Waals surface area contributed by atoms with Gasteiger partial charge >= 0.3 is 0 Å². The quantitative estimate of drug-likeness (QED) is 0.444. The highest BCUT2D eigenvalue weighted by atomic mass is 32.2. The summed E-state index contributed by atoms with van der Waals surface area (Å²) in [5.74, 6) is -2.35. The summed E-state index contributed by atoms with van der Waals surface area (Å²) >= 11 is 1.62. The lowest BCUT2D eigenvalue weighted by molar-refractivity contribution is -0.357. The number of rotatable bonds is 5. The molecule has 0 saturated carbocycles. The minimum absolute atomic E-state index is 0.115. The minimum atomic E-state index is -2.35. The molecule has 1 unspecified atom stereocenters. The highest BCUT2D eigenvalue weighted by molar-refractivity contribution is 7.98. The lowest BCUT2D eigenvalue weighted by atomic mass is 9.86. The number of thioether (sulfide) groups is 1. The molecule has 2 aromatic rings. The summed E-state index contributed by atoms with van der Waals surface area (Å²) < 4.78 is 5.37. The van der Waals surface area contributed by atoms with Crippen molar-refractivity contribution in [2.75, 3.05) is 12.9 Å². The first kappa shape index (κ1) is 21.7. The molecule has 0 amide bonds. The van der Waals surface area contributed by atoms with Crippen molar-refractivity contribution in [2.45, 2.75) is 41.5 Å². The summed E-state index contributed by atoms with van der Waals surface area (Å²) in [6.07, 6.45) is -4.01. The van der Waals surface area contributed by atoms with E-state index in [0.717, 1.165) is 10.5 Å². The first-order valence-electron chi connectivity index (χ1n) is 9.05. The van der Waals surface area contributed by atoms with Crippen molar-refractivity contribution < 1.29 is 30.3 Å². The largest absolute Gasteiger partial charge is 0.394 e. The van der Waals surface area contributed by atoms with Crippen LogP contribution in [0.2, 0.25) is 0 Å². The standard InChI is InChI=1S/C21H23NO6S/c1-29-16-6-2-12(3-7-16)8-14-9-15(5-4-13(14)10-22)21(27)20(26)19(25)18(24)17(11-23)28-21/h2-7,9,17-20,23-27H,8,11H2,1H3/t17-,18-,19+,20-,21?/m1/s1. The minimum Gasteiger partial charge on any atom is -0.394 e. The van der Waals surface area contributed by atoms with E-state index in [1.54, 1.807) is 11.8 Å². The third-order valence-corrected chi connectivity index (χ3v) is 5.90. The first-order chi connectivity index (χ1) is 13.8. The molecule has 3 rings (SSSR count). The van der Waals surface area contributed by atoms with E-state index in [0.29, 0.717) is 17.5 Å². The van der Waals surface area contributed by atoms with Crippen LogP contribution < -0.4 is 0 Å². The monoisotopic (exact) mass is 417 g/mol. The second-order valence-corrected chi connectivity index (χ2v) is 7.85. The number of hydrogen-bond acceptors (Lipinski definition) is 8. The third kappa shape index (κ3) is 4.17. The predicted octanol–water partition coefficient (Wildman–Crippen LogP) is 0.490. The molecule has 0 radical (unpaired) electrons. The van der Waals surface area contributed by atoms with Crippen molar-refractivity contribution in [3.8, 4) is 6.07 Å². The molecule has 8 heteroatoms. The van der Waals surface area contributed by atoms with E-state index in [9.17, 15) is 30.8 Å². The van der Waals surface area contributed by atoms with Crippen LogP contribution >= 0.6 is 11.8 Å². The maximum Gasteiger partial charge on any atom is 0.222 e. The van der Waals surface area contributed by atoms with Crippen LogP contribution in [0.3, 0.4) is 0 Å². The molecular formula is C21H23NO6S. The lowest BCUT2D eigenvalue weighted by Crippen LogP contribution is -2.63. The van der Waals surface area contributed by atoms with E-state index in [-0.39, 0.29) is 5.56 Å². The highest BCUT2D eigenvalue weighted by Crippen LogP contribution is 2.37. The van der Waals surface area contributed by atoms with E-state index in [1.165, 1.54) is 18.2 Å². The van der Waals surface area contributed by atoms with E-state index in [1.807, 2.05) is 30.5 Å². The Labute approximate surface area is 172 Å². The molecule has 1 aliphatic rings. The van der Waals surface area contributed by atoms with Crippen molar-refractivity contribution in [3.05, 3.63) is 64.7 Å². The summed E-state index contributed by atoms with van der Waals surface area (Å²) in [5, 5.41) is 60.2. The van der Waals surface area contributed by atoms with Crippen LogP contribution in [0.25, 0.3) is 0 Å². The highest BCUT2D eigenvalue weighted by Gasteiger charge is 2.53. The van der Waals surface area contributed by atoms with Crippen LogP contribution in [0.15, 0.2) is 47.4 Å². The summed E-state index contributed by atoms with van der Waals surface area (Å²) in [7, 11) is 0. The average Bonchev–Trinajstić information content (AvgIpc) is 2.75. The fraction of sp³-hybridized carbons (Fsp3) is 0.381. The molecule has 0 aromatic heterocycles. The molecule has 1 fully saturated rings. The van der Waals surface area contributed by atoms with E-state index in [2.05, 4.69) is 6.07 Å². The number of hydrogen-bond donors (Lipinski definition) is 5. The van der Waals surface area contributed by atoms with Crippen molar-refractivity contribution in [1.82, 2.24) is 0 Å². The summed E-state index contributed by atoms with van der Waals surface area (Å²) in [6.45, 7) is -0.655. The van der Waals surface area contributed by atoms with Crippen molar-refractivity contribution in [2.24, 2.45) is 0 Å². The van der Waals surface area contributed by atoms with Gasteiger partial charge in [-0.15, -0.1) is 11.8 Å². The van der Waals surface area contributed by atoms with Gasteiger partial charge in [0.25, 0.3) is 0 Å². The Balaban J connectivity index is 1.97. The van der Waals surface area contributed by atoms with Crippen LogP contribution in [-0.4, -0.2) is 62.8 Å². The van der Waals surface area contributed by atoms with Gasteiger partial charge in [0, 0.05) is 10.5 Å². The van der Waals surface area contributed by atoms with E-state index in [4.69, 9.17) is 4.74 Å². The van der Waals surface area contributed by atoms with Crippen molar-refractivity contribution in [1.29, 1.82) is 5.26 Å². The molecule has 29 heavy (non-hydrogen) atoms. The number of aliphatic hydroxyl groups excluding tert-OH is 4. The molecule has 5 N–H and O–H groups in total. The topological polar surface area (TPSA) is 134 Å². The molecule has 154 valence electrons. The summed E-state index contributed by atoms with van der Waals surface area (Å²) in [5.41, 5.74) is 2.07. The van der Waals surface area contributed by atoms with Gasteiger partial charge in [-0.2, -0.15) is 5.26 Å². The zero-order valence-electron chi connectivity index (χ0n) is 15.8. The van der Waals surface area contributed by atoms with Gasteiger partial charge in [-0.3, -0.25) is 0 Å². The molecule has 5 atom stereocenters. The molecule has 2 aromatic carbocycles. The van der Waals surface area contributed by atoms with Crippen LogP contribution in [0, 0.1) is 11.3 Å². The van der Waals surface area contributed by atoms with E-state index >= 15 is 0 Å². The van der Waals surface area contributed by atoms with Crippen LogP contribution in [0.5, 0.6) is 0 Å². The van der Waals surface area contributed by atoms with Crippen molar-refractivity contribution in [3.63, 3.8) is 0 Å². The maximum absolute atomic E-state index is 11.0. The van der Waals surface area contributed by atoms with Gasteiger partial charge in [0.05, 0.1) is 18.2 Å². The molecule has 0 spiro atoms. The maximum atomic E-state index is 11.0. The Kier molecular flexibility index (Phi) is 6.61. The molecule has 0 bridgehead atoms. The van der Waals surface area contributed by atoms with Crippen LogP contribution in [-0.2, 0) is 16.9 Å². The Bertz CT molecular complexity index is 897. The van der Waals surface area contributed by atoms with Gasteiger partial charge in [0.2, 0.25) is 5.79 Å². The third-order valence-electron chi connectivity index (χ3n) is 5.16. The molecule has 0 aliphatic carbocycles. The fourth-order valence-corrected chi connectivity index (χ4v) is 3.84. The Morgan fingerprint density at radius 1 is 1.10 bits per heavy atom. The Morgan fingerprint density at radius 3 is 2.38 bits per heavy atom. The predicted molar refractivity (Wildman–Crippen MR) is 106 cm³/mol. The Morgan fingerprint density at radius 2 is 1.79 bits per heavy atom. The van der Waals surface area contributed by atoms with Gasteiger partial charge < -0.3 is 30.3 Å². The van der Waals surface area contributed by atoms with Crippen LogP contribution in [0.1, 0.15) is 22.3 Å². The first-order valence-corrected chi connectivity index (χ1v) is 10.3. The van der Waals surface area contributed by atoms with Gasteiger partial charge in [-0.25, -0.2) is 0 Å². The van der Waals surface area contributed by atoms with Gasteiger partial charge in [-0.05, 0) is 48.1 Å². The molecule has 1 aliphatic heterocycles. The molecule has 7 nitrogen and oxygen atoms in total. The number of aliphatic hydroxyl groups is 5. The fourth-order valence-electron chi connectivity index (χ4n) is 3.43. The number of nitrogens with zero attached hydrogens (tertiary/aromatic N) is 1. The zero-order valence-corrected chi connectivity index (χ0v) is 16.6. The second-order valence-electron chi connectivity index (χ2n) is 6.97. The second kappa shape index (κ2) is 8.81. The van der Waals surface area contributed by atoms with Gasteiger partial charge in [0.1, 0.15) is 24.4 Å². The number of ether oxygens (including phenoxy) is 1. The van der Waals surface area contributed by atoms with Gasteiger partial charge in [-0.1, -0.05) is 18.2 Å². The summed E-state index contributed by atoms with van der Waals surface area (Å²) in [4.78, 5) is 1.11. The van der Waals surface area contributed by atoms with Crippen LogP contribution in [0.4, 0.5) is 0 Å². The summed E-state index contributed by atoms with van der Waals surface area (Å²) in [6, 6.07) is 14.4. The molecular weight excluding hydrogens is 394 g/mol. The van der Waals surface area contributed by atoms with Crippen molar-refractivity contribution >= 4 is 11.8 Å². The SMILES string of the molecule is CSc1ccc(Cc2cc(C3(O)O[C@H](CO)[C@@H](O)[C@H](O)[C@H]3O)ccc2C#N)cc1. The molecule has 1 heterocycles. The number of benzene rings is 2. The number of nitriles is 1. The molecule has 1 saturated heterocycles. The smallest absolute Gasteiger partial charge is 0.222 e. The Hall–Kier alpha value is -1.96. The van der Waals surface area contributed by atoms with Gasteiger partial charge in [0.15, 0.2) is 0 Å². The lowest BCUT2D eigenvalue weighted by Gasteiger charge is -2.45. The zero-order chi connectivity index (χ0) is 21.2. The average molecular weight is 417 g/mol.